The van der Waals surface area contributed by atoms with Crippen LogP contribution in [0.15, 0.2) is 48.5 Å². The van der Waals surface area contributed by atoms with E-state index >= 15 is 0 Å². The number of benzene rings is 2. The summed E-state index contributed by atoms with van der Waals surface area (Å²) in [7, 11) is 0. The van der Waals surface area contributed by atoms with Crippen molar-refractivity contribution in [2.24, 2.45) is 0 Å². The number of amides is 2. The summed E-state index contributed by atoms with van der Waals surface area (Å²) < 4.78 is 5.51. The average molecular weight is 354 g/mol. The van der Waals surface area contributed by atoms with Crippen molar-refractivity contribution in [3.8, 4) is 5.75 Å². The summed E-state index contributed by atoms with van der Waals surface area (Å²) in [5.41, 5.74) is 2.60. The Labute approximate surface area is 154 Å². The van der Waals surface area contributed by atoms with Crippen LogP contribution in [0.1, 0.15) is 45.1 Å². The number of hydrogen-bond donors (Lipinski definition) is 2. The molecule has 0 radical (unpaired) electrons. The molecular weight excluding hydrogens is 328 g/mol. The zero-order chi connectivity index (χ0) is 18.9. The Morgan fingerprint density at radius 2 is 1.42 bits per heavy atom. The van der Waals surface area contributed by atoms with Crippen LogP contribution in [0.2, 0.25) is 0 Å². The van der Waals surface area contributed by atoms with E-state index in [1.165, 1.54) is 5.56 Å². The summed E-state index contributed by atoms with van der Waals surface area (Å²) in [6.07, 6.45) is 1.30. The Morgan fingerprint density at radius 1 is 0.885 bits per heavy atom. The third-order valence-electron chi connectivity index (χ3n) is 3.85. The zero-order valence-electron chi connectivity index (χ0n) is 15.5. The average Bonchev–Trinajstić information content (AvgIpc) is 2.62. The van der Waals surface area contributed by atoms with Gasteiger partial charge in [-0.2, -0.15) is 0 Å². The first-order valence-electron chi connectivity index (χ1n) is 8.90. The van der Waals surface area contributed by atoms with Crippen molar-refractivity contribution in [3.63, 3.8) is 0 Å². The molecule has 0 heterocycles. The highest BCUT2D eigenvalue weighted by molar-refractivity contribution is 5.93. The van der Waals surface area contributed by atoms with Crippen LogP contribution in [0.25, 0.3) is 0 Å². The molecule has 0 aliphatic heterocycles. The largest absolute Gasteiger partial charge is 0.484 e. The minimum atomic E-state index is -0.235. The molecule has 0 aliphatic carbocycles. The van der Waals surface area contributed by atoms with Gasteiger partial charge in [0.25, 0.3) is 5.91 Å². The highest BCUT2D eigenvalue weighted by Crippen LogP contribution is 2.19. The quantitative estimate of drug-likeness (QED) is 0.730. The Kier molecular flexibility index (Phi) is 7.21. The van der Waals surface area contributed by atoms with Gasteiger partial charge in [0.05, 0.1) is 0 Å². The first-order valence-corrected chi connectivity index (χ1v) is 8.90. The van der Waals surface area contributed by atoms with Gasteiger partial charge in [-0.15, -0.1) is 0 Å². The van der Waals surface area contributed by atoms with Crippen molar-refractivity contribution < 1.29 is 14.3 Å². The van der Waals surface area contributed by atoms with E-state index in [2.05, 4.69) is 24.5 Å². The standard InChI is InChI=1S/C21H26N2O3/c1-4-5-20(24)22-17-8-10-18(11-9-17)23-21(25)14-26-19-12-6-16(7-13-19)15(2)3/h6-13,15H,4-5,14H2,1-3H3,(H,22,24)(H,23,25). The van der Waals surface area contributed by atoms with E-state index in [0.29, 0.717) is 29.5 Å². The fourth-order valence-electron chi connectivity index (χ4n) is 2.38. The van der Waals surface area contributed by atoms with Crippen LogP contribution in [-0.2, 0) is 9.59 Å². The molecule has 0 unspecified atom stereocenters. The monoisotopic (exact) mass is 354 g/mol. The molecule has 0 atom stereocenters. The topological polar surface area (TPSA) is 67.4 Å². The number of carbonyl (C=O) groups excluding carboxylic acids is 2. The van der Waals surface area contributed by atoms with Crippen LogP contribution in [-0.4, -0.2) is 18.4 Å². The highest BCUT2D eigenvalue weighted by Gasteiger charge is 2.06. The van der Waals surface area contributed by atoms with E-state index in [0.717, 1.165) is 6.42 Å². The molecule has 0 saturated heterocycles. The van der Waals surface area contributed by atoms with Gasteiger partial charge >= 0.3 is 0 Å². The molecule has 138 valence electrons. The molecule has 2 N–H and O–H groups in total. The van der Waals surface area contributed by atoms with Crippen LogP contribution < -0.4 is 15.4 Å². The van der Waals surface area contributed by atoms with Crippen LogP contribution in [0.3, 0.4) is 0 Å². The van der Waals surface area contributed by atoms with Crippen LogP contribution in [0.5, 0.6) is 5.75 Å². The van der Waals surface area contributed by atoms with E-state index in [-0.39, 0.29) is 18.4 Å². The van der Waals surface area contributed by atoms with Gasteiger partial charge in [-0.05, 0) is 54.3 Å². The van der Waals surface area contributed by atoms with E-state index in [4.69, 9.17) is 4.74 Å². The number of nitrogens with one attached hydrogen (secondary N) is 2. The van der Waals surface area contributed by atoms with Gasteiger partial charge in [0.2, 0.25) is 5.91 Å². The normalized spacial score (nSPS) is 10.5. The lowest BCUT2D eigenvalue weighted by atomic mass is 10.0. The van der Waals surface area contributed by atoms with Crippen molar-refractivity contribution in [3.05, 3.63) is 54.1 Å². The van der Waals surface area contributed by atoms with Gasteiger partial charge in [-0.3, -0.25) is 9.59 Å². The van der Waals surface area contributed by atoms with Crippen molar-refractivity contribution in [1.29, 1.82) is 0 Å². The van der Waals surface area contributed by atoms with Gasteiger partial charge in [0.1, 0.15) is 5.75 Å². The maximum atomic E-state index is 12.0. The van der Waals surface area contributed by atoms with Gasteiger partial charge < -0.3 is 15.4 Å². The predicted octanol–water partition coefficient (Wildman–Crippen LogP) is 4.57. The molecule has 2 amide bonds. The lowest BCUT2D eigenvalue weighted by Crippen LogP contribution is -2.20. The minimum Gasteiger partial charge on any atom is -0.484 e. The van der Waals surface area contributed by atoms with E-state index in [1.54, 1.807) is 24.3 Å². The Bertz CT molecular complexity index is 722. The number of carbonyl (C=O) groups is 2. The van der Waals surface area contributed by atoms with E-state index in [1.807, 2.05) is 31.2 Å². The van der Waals surface area contributed by atoms with Gasteiger partial charge in [0.15, 0.2) is 6.61 Å². The van der Waals surface area contributed by atoms with Crippen molar-refractivity contribution in [1.82, 2.24) is 0 Å². The molecule has 2 rings (SSSR count). The molecule has 2 aromatic carbocycles. The van der Waals surface area contributed by atoms with Gasteiger partial charge in [-0.25, -0.2) is 0 Å². The number of ether oxygens (including phenoxy) is 1. The number of rotatable bonds is 8. The molecule has 0 spiro atoms. The van der Waals surface area contributed by atoms with Gasteiger partial charge in [0, 0.05) is 17.8 Å². The third kappa shape index (κ3) is 6.24. The third-order valence-corrected chi connectivity index (χ3v) is 3.85. The molecule has 0 aromatic heterocycles. The Hall–Kier alpha value is -2.82. The molecule has 5 nitrogen and oxygen atoms in total. The molecule has 0 aliphatic rings. The molecule has 5 heteroatoms. The first kappa shape index (κ1) is 19.5. The fraction of sp³-hybridized carbons (Fsp3) is 0.333. The summed E-state index contributed by atoms with van der Waals surface area (Å²) in [5.74, 6) is 0.877. The molecule has 2 aromatic rings. The summed E-state index contributed by atoms with van der Waals surface area (Å²) in [4.78, 5) is 23.6. The van der Waals surface area contributed by atoms with E-state index < -0.39 is 0 Å². The summed E-state index contributed by atoms with van der Waals surface area (Å²) in [6, 6.07) is 14.8. The van der Waals surface area contributed by atoms with E-state index in [9.17, 15) is 9.59 Å². The zero-order valence-corrected chi connectivity index (χ0v) is 15.5. The lowest BCUT2D eigenvalue weighted by molar-refractivity contribution is -0.118. The Balaban J connectivity index is 1.81. The molecule has 0 fully saturated rings. The fourth-order valence-corrected chi connectivity index (χ4v) is 2.38. The SMILES string of the molecule is CCCC(=O)Nc1ccc(NC(=O)COc2ccc(C(C)C)cc2)cc1. The maximum absolute atomic E-state index is 12.0. The summed E-state index contributed by atoms with van der Waals surface area (Å²) in [5, 5.41) is 5.58. The number of anilines is 2. The minimum absolute atomic E-state index is 0.0128. The van der Waals surface area contributed by atoms with Crippen LogP contribution in [0.4, 0.5) is 11.4 Å². The summed E-state index contributed by atoms with van der Waals surface area (Å²) in [6.45, 7) is 6.16. The second kappa shape index (κ2) is 9.61. The molecule has 0 bridgehead atoms. The lowest BCUT2D eigenvalue weighted by Gasteiger charge is -2.10. The van der Waals surface area contributed by atoms with Gasteiger partial charge in [-0.1, -0.05) is 32.9 Å². The smallest absolute Gasteiger partial charge is 0.262 e. The first-order chi connectivity index (χ1) is 12.5. The van der Waals surface area contributed by atoms with Crippen LogP contribution in [0, 0.1) is 0 Å². The van der Waals surface area contributed by atoms with Crippen LogP contribution >= 0.6 is 0 Å². The number of hydrogen-bond acceptors (Lipinski definition) is 3. The second-order valence-corrected chi connectivity index (χ2v) is 6.44. The Morgan fingerprint density at radius 3 is 1.92 bits per heavy atom. The van der Waals surface area contributed by atoms with Crippen molar-refractivity contribution in [2.45, 2.75) is 39.5 Å². The molecule has 26 heavy (non-hydrogen) atoms. The maximum Gasteiger partial charge on any atom is 0.262 e. The van der Waals surface area contributed by atoms with Crippen molar-refractivity contribution in [2.75, 3.05) is 17.2 Å². The van der Waals surface area contributed by atoms with Crippen molar-refractivity contribution >= 4 is 23.2 Å². The molecular formula is C21H26N2O3. The second-order valence-electron chi connectivity index (χ2n) is 6.44. The summed E-state index contributed by atoms with van der Waals surface area (Å²) >= 11 is 0. The molecule has 0 saturated carbocycles. The highest BCUT2D eigenvalue weighted by atomic mass is 16.5. The predicted molar refractivity (Wildman–Crippen MR) is 105 cm³/mol.